The molecule has 0 radical (unpaired) electrons. The minimum Gasteiger partial charge on any atom is -0.449 e. The van der Waals surface area contributed by atoms with Crippen molar-refractivity contribution in [1.82, 2.24) is 0 Å². The van der Waals surface area contributed by atoms with Gasteiger partial charge in [-0.15, -0.1) is 0 Å². The summed E-state index contributed by atoms with van der Waals surface area (Å²) in [4.78, 5) is 20.6. The predicted molar refractivity (Wildman–Crippen MR) is 40.0 cm³/mol. The zero-order chi connectivity index (χ0) is 8.85. The second-order valence-electron chi connectivity index (χ2n) is 2.64. The van der Waals surface area contributed by atoms with Crippen LogP contribution in [0.2, 0.25) is 0 Å². The number of hydrogen-bond acceptors (Lipinski definition) is 3. The number of hydrogen-bond donors (Lipinski definition) is 1. The Hall–Kier alpha value is -1.06. The molecule has 64 valence electrons. The van der Waals surface area contributed by atoms with Gasteiger partial charge in [-0.05, 0) is 12.8 Å². The maximum absolute atomic E-state index is 10.5. The van der Waals surface area contributed by atoms with Crippen molar-refractivity contribution in [2.24, 2.45) is 11.7 Å². The van der Waals surface area contributed by atoms with Crippen molar-refractivity contribution in [1.29, 1.82) is 0 Å². The van der Waals surface area contributed by atoms with E-state index in [4.69, 9.17) is 5.73 Å². The average Bonchev–Trinajstić information content (AvgIpc) is 1.82. The topological polar surface area (TPSA) is 69.4 Å². The zero-order valence-corrected chi connectivity index (χ0v) is 6.79. The Balaban J connectivity index is 3.44. The number of carbonyl (C=O) groups excluding carboxylic acids is 2. The van der Waals surface area contributed by atoms with Crippen molar-refractivity contribution in [3.8, 4) is 0 Å². The number of nitrogens with two attached hydrogens (primary N) is 1. The second-order valence-corrected chi connectivity index (χ2v) is 2.64. The number of carbonyl (C=O) groups is 2. The van der Waals surface area contributed by atoms with Crippen molar-refractivity contribution in [3.05, 3.63) is 0 Å². The fraction of sp³-hybridized carbons (Fsp3) is 0.714. The quantitative estimate of drug-likeness (QED) is 0.656. The Labute approximate surface area is 65.7 Å². The van der Waals surface area contributed by atoms with Crippen LogP contribution in [0.4, 0.5) is 4.79 Å². The number of Topliss-reactive ketones (excluding diaryl/α,β-unsaturated/α-hetero) is 1. The first-order valence-electron chi connectivity index (χ1n) is 3.44. The van der Waals surface area contributed by atoms with Gasteiger partial charge in [0.15, 0.2) is 0 Å². The van der Waals surface area contributed by atoms with Crippen LogP contribution in [0.15, 0.2) is 0 Å². The fourth-order valence-corrected chi connectivity index (χ4v) is 0.774. The molecule has 4 heteroatoms. The van der Waals surface area contributed by atoms with E-state index in [0.717, 1.165) is 0 Å². The van der Waals surface area contributed by atoms with Gasteiger partial charge in [-0.2, -0.15) is 0 Å². The summed E-state index contributed by atoms with van der Waals surface area (Å²) in [5.74, 6) is 0.144. The molecule has 0 aromatic carbocycles. The molecular weight excluding hydrogens is 146 g/mol. The van der Waals surface area contributed by atoms with Gasteiger partial charge in [0.1, 0.15) is 5.78 Å². The largest absolute Gasteiger partial charge is 0.449 e. The molecule has 0 heterocycles. The molecule has 0 rings (SSSR count). The molecule has 0 fully saturated rings. The molecule has 0 aliphatic carbocycles. The number of rotatable bonds is 4. The molecule has 0 saturated heterocycles. The Kier molecular flexibility index (Phi) is 4.26. The number of primary amides is 1. The molecule has 0 aliphatic rings. The third-order valence-electron chi connectivity index (χ3n) is 1.15. The molecule has 0 aromatic heterocycles. The van der Waals surface area contributed by atoms with Crippen LogP contribution >= 0.6 is 0 Å². The lowest BCUT2D eigenvalue weighted by molar-refractivity contribution is -0.118. The number of ketones is 1. The summed E-state index contributed by atoms with van der Waals surface area (Å²) in [6.45, 7) is 3.54. The molecular formula is C7H13NO3. The van der Waals surface area contributed by atoms with E-state index in [1.165, 1.54) is 6.92 Å². The summed E-state index contributed by atoms with van der Waals surface area (Å²) in [6.07, 6.45) is -0.367. The van der Waals surface area contributed by atoms with E-state index in [-0.39, 0.29) is 18.3 Å². The molecule has 1 atom stereocenters. The lowest BCUT2D eigenvalue weighted by Gasteiger charge is -2.07. The molecule has 0 saturated carbocycles. The van der Waals surface area contributed by atoms with E-state index >= 15 is 0 Å². The summed E-state index contributed by atoms with van der Waals surface area (Å²) in [5, 5.41) is 0. The summed E-state index contributed by atoms with van der Waals surface area (Å²) in [6, 6.07) is 0. The van der Waals surface area contributed by atoms with Crippen molar-refractivity contribution < 1.29 is 14.3 Å². The van der Waals surface area contributed by atoms with Gasteiger partial charge in [-0.3, -0.25) is 0 Å². The van der Waals surface area contributed by atoms with E-state index in [1.807, 2.05) is 6.92 Å². The van der Waals surface area contributed by atoms with Gasteiger partial charge in [-0.1, -0.05) is 6.92 Å². The van der Waals surface area contributed by atoms with E-state index < -0.39 is 6.09 Å². The Morgan fingerprint density at radius 2 is 2.09 bits per heavy atom. The van der Waals surface area contributed by atoms with Crippen molar-refractivity contribution in [2.45, 2.75) is 20.3 Å². The van der Waals surface area contributed by atoms with Gasteiger partial charge in [0, 0.05) is 6.42 Å². The Morgan fingerprint density at radius 1 is 1.55 bits per heavy atom. The van der Waals surface area contributed by atoms with Crippen LogP contribution in [-0.4, -0.2) is 18.5 Å². The van der Waals surface area contributed by atoms with Crippen LogP contribution in [-0.2, 0) is 9.53 Å². The van der Waals surface area contributed by atoms with Crippen LogP contribution in [0.25, 0.3) is 0 Å². The van der Waals surface area contributed by atoms with Crippen LogP contribution in [0.3, 0.4) is 0 Å². The number of ether oxygens (including phenoxy) is 1. The smallest absolute Gasteiger partial charge is 0.404 e. The Bertz CT molecular complexity index is 156. The first kappa shape index (κ1) is 9.94. The zero-order valence-electron chi connectivity index (χ0n) is 6.79. The van der Waals surface area contributed by atoms with Gasteiger partial charge in [-0.25, -0.2) is 4.79 Å². The first-order chi connectivity index (χ1) is 5.02. The molecule has 0 aromatic rings. The highest BCUT2D eigenvalue weighted by Crippen LogP contribution is 2.02. The van der Waals surface area contributed by atoms with E-state index in [1.54, 1.807) is 0 Å². The van der Waals surface area contributed by atoms with Crippen molar-refractivity contribution in [3.63, 3.8) is 0 Å². The minimum atomic E-state index is -0.791. The van der Waals surface area contributed by atoms with Crippen LogP contribution in [0.1, 0.15) is 20.3 Å². The average molecular weight is 159 g/mol. The monoisotopic (exact) mass is 159 g/mol. The van der Waals surface area contributed by atoms with Crippen LogP contribution < -0.4 is 5.73 Å². The van der Waals surface area contributed by atoms with Gasteiger partial charge in [0.05, 0.1) is 6.61 Å². The minimum absolute atomic E-state index is 0.0556. The second kappa shape index (κ2) is 4.71. The lowest BCUT2D eigenvalue weighted by Crippen LogP contribution is -2.18. The normalized spacial score (nSPS) is 12.2. The predicted octanol–water partition coefficient (Wildman–Crippen LogP) is 0.697. The first-order valence-corrected chi connectivity index (χ1v) is 3.44. The SMILES string of the molecule is CC(=O)CC(C)COC(N)=O. The van der Waals surface area contributed by atoms with Gasteiger partial charge >= 0.3 is 6.09 Å². The lowest BCUT2D eigenvalue weighted by atomic mass is 10.1. The maximum Gasteiger partial charge on any atom is 0.404 e. The molecule has 4 nitrogen and oxygen atoms in total. The summed E-state index contributed by atoms with van der Waals surface area (Å²) in [5.41, 5.74) is 4.73. The molecule has 1 amide bonds. The maximum atomic E-state index is 10.5. The summed E-state index contributed by atoms with van der Waals surface area (Å²) >= 11 is 0. The fourth-order valence-electron chi connectivity index (χ4n) is 0.774. The highest BCUT2D eigenvalue weighted by Gasteiger charge is 2.06. The number of amides is 1. The molecule has 2 N–H and O–H groups in total. The van der Waals surface area contributed by atoms with Crippen molar-refractivity contribution >= 4 is 11.9 Å². The molecule has 11 heavy (non-hydrogen) atoms. The van der Waals surface area contributed by atoms with E-state index in [9.17, 15) is 9.59 Å². The van der Waals surface area contributed by atoms with Crippen LogP contribution in [0.5, 0.6) is 0 Å². The Morgan fingerprint density at radius 3 is 2.45 bits per heavy atom. The molecule has 0 spiro atoms. The molecule has 0 aliphatic heterocycles. The summed E-state index contributed by atoms with van der Waals surface area (Å²) in [7, 11) is 0. The highest BCUT2D eigenvalue weighted by atomic mass is 16.5. The van der Waals surface area contributed by atoms with E-state index in [0.29, 0.717) is 6.42 Å². The van der Waals surface area contributed by atoms with Gasteiger partial charge in [0.2, 0.25) is 0 Å². The third kappa shape index (κ3) is 6.83. The van der Waals surface area contributed by atoms with Gasteiger partial charge < -0.3 is 15.3 Å². The highest BCUT2D eigenvalue weighted by molar-refractivity contribution is 5.75. The third-order valence-corrected chi connectivity index (χ3v) is 1.15. The summed E-state index contributed by atoms with van der Waals surface area (Å²) < 4.78 is 4.49. The van der Waals surface area contributed by atoms with Crippen molar-refractivity contribution in [2.75, 3.05) is 6.61 Å². The standard InChI is InChI=1S/C7H13NO3/c1-5(3-6(2)9)4-11-7(8)10/h5H,3-4H2,1-2H3,(H2,8,10). The van der Waals surface area contributed by atoms with Gasteiger partial charge in [0.25, 0.3) is 0 Å². The molecule has 0 bridgehead atoms. The van der Waals surface area contributed by atoms with Crippen LogP contribution in [0, 0.1) is 5.92 Å². The van der Waals surface area contributed by atoms with E-state index in [2.05, 4.69) is 4.74 Å². The molecule has 1 unspecified atom stereocenters.